The van der Waals surface area contributed by atoms with Crippen LogP contribution < -0.4 is 15.5 Å². The number of amides is 2. The lowest BCUT2D eigenvalue weighted by atomic mass is 10.1. The van der Waals surface area contributed by atoms with E-state index in [4.69, 9.17) is 4.74 Å². The van der Waals surface area contributed by atoms with E-state index in [-0.39, 0.29) is 24.5 Å². The van der Waals surface area contributed by atoms with Gasteiger partial charge in [-0.15, -0.1) is 0 Å². The second-order valence-electron chi connectivity index (χ2n) is 7.74. The molecule has 0 aromatic carbocycles. The van der Waals surface area contributed by atoms with Crippen LogP contribution in [0.4, 0.5) is 11.5 Å². The SMILES string of the molecule is O=C(NCCCN1CCCC1)c1cnc2c(c1)N(CC1CCCO1)C(=O)CN2. The van der Waals surface area contributed by atoms with Crippen LogP contribution in [0, 0.1) is 0 Å². The van der Waals surface area contributed by atoms with Gasteiger partial charge in [0.15, 0.2) is 0 Å². The standard InChI is InChI=1S/C20H29N5O3/c26-18-13-23-19-17(25(18)14-16-5-3-10-28-16)11-15(12-22-19)20(27)21-6-4-9-24-7-1-2-8-24/h11-12,16H,1-10,13-14H2,(H,21,27)(H,22,23). The second kappa shape index (κ2) is 8.87. The van der Waals surface area contributed by atoms with Crippen molar-refractivity contribution in [3.63, 3.8) is 0 Å². The van der Waals surface area contributed by atoms with Crippen LogP contribution in [0.5, 0.6) is 0 Å². The van der Waals surface area contributed by atoms with Crippen LogP contribution >= 0.6 is 0 Å². The smallest absolute Gasteiger partial charge is 0.252 e. The highest BCUT2D eigenvalue weighted by molar-refractivity contribution is 6.04. The molecule has 152 valence electrons. The van der Waals surface area contributed by atoms with E-state index in [1.54, 1.807) is 17.2 Å². The highest BCUT2D eigenvalue weighted by Gasteiger charge is 2.29. The van der Waals surface area contributed by atoms with Crippen LogP contribution in [0.1, 0.15) is 42.5 Å². The molecule has 1 atom stereocenters. The number of carbonyl (C=O) groups excluding carboxylic acids is 2. The first-order chi connectivity index (χ1) is 13.7. The monoisotopic (exact) mass is 387 g/mol. The molecule has 0 spiro atoms. The summed E-state index contributed by atoms with van der Waals surface area (Å²) in [6, 6.07) is 1.76. The molecular weight excluding hydrogens is 358 g/mol. The van der Waals surface area contributed by atoms with Crippen molar-refractivity contribution in [3.05, 3.63) is 17.8 Å². The average molecular weight is 387 g/mol. The van der Waals surface area contributed by atoms with E-state index in [0.717, 1.165) is 32.4 Å². The van der Waals surface area contributed by atoms with E-state index < -0.39 is 0 Å². The second-order valence-corrected chi connectivity index (χ2v) is 7.74. The summed E-state index contributed by atoms with van der Waals surface area (Å²) in [6.07, 6.45) is 7.10. The first kappa shape index (κ1) is 19.1. The predicted molar refractivity (Wildman–Crippen MR) is 107 cm³/mol. The third-order valence-electron chi connectivity index (χ3n) is 5.67. The van der Waals surface area contributed by atoms with Gasteiger partial charge in [0.2, 0.25) is 5.91 Å². The van der Waals surface area contributed by atoms with Gasteiger partial charge >= 0.3 is 0 Å². The summed E-state index contributed by atoms with van der Waals surface area (Å²) in [7, 11) is 0. The molecule has 3 aliphatic rings. The van der Waals surface area contributed by atoms with Gasteiger partial charge in [-0.2, -0.15) is 0 Å². The fourth-order valence-electron chi connectivity index (χ4n) is 4.11. The number of nitrogens with one attached hydrogen (secondary N) is 2. The lowest BCUT2D eigenvalue weighted by Gasteiger charge is -2.31. The number of ether oxygens (including phenoxy) is 1. The van der Waals surface area contributed by atoms with Crippen molar-refractivity contribution in [2.75, 3.05) is 56.1 Å². The molecule has 2 fully saturated rings. The number of pyridine rings is 1. The van der Waals surface area contributed by atoms with Gasteiger partial charge in [0.1, 0.15) is 5.82 Å². The summed E-state index contributed by atoms with van der Waals surface area (Å²) >= 11 is 0. The third-order valence-corrected chi connectivity index (χ3v) is 5.67. The Kier molecular flexibility index (Phi) is 6.07. The van der Waals surface area contributed by atoms with Crippen molar-refractivity contribution in [1.82, 2.24) is 15.2 Å². The van der Waals surface area contributed by atoms with Gasteiger partial charge in [-0.25, -0.2) is 4.98 Å². The van der Waals surface area contributed by atoms with E-state index in [1.807, 2.05) is 0 Å². The molecule has 1 aromatic heterocycles. The van der Waals surface area contributed by atoms with Crippen LogP contribution in [-0.4, -0.2) is 73.7 Å². The maximum absolute atomic E-state index is 12.5. The Bertz CT molecular complexity index is 714. The number of nitrogens with zero attached hydrogens (tertiary/aromatic N) is 3. The van der Waals surface area contributed by atoms with Crippen LogP contribution in [0.15, 0.2) is 12.3 Å². The van der Waals surface area contributed by atoms with Crippen molar-refractivity contribution in [3.8, 4) is 0 Å². The van der Waals surface area contributed by atoms with Crippen LogP contribution in [-0.2, 0) is 9.53 Å². The number of aromatic nitrogens is 1. The summed E-state index contributed by atoms with van der Waals surface area (Å²) in [5.41, 5.74) is 1.14. The summed E-state index contributed by atoms with van der Waals surface area (Å²) in [5.74, 6) is 0.475. The molecule has 3 aliphatic heterocycles. The normalized spacial score (nSPS) is 22.2. The van der Waals surface area contributed by atoms with Gasteiger partial charge in [0, 0.05) is 19.3 Å². The molecule has 0 radical (unpaired) electrons. The molecule has 2 N–H and O–H groups in total. The number of anilines is 2. The molecule has 8 nitrogen and oxygen atoms in total. The maximum Gasteiger partial charge on any atom is 0.252 e. The van der Waals surface area contributed by atoms with E-state index >= 15 is 0 Å². The number of fused-ring (bicyclic) bond motifs is 1. The molecule has 4 rings (SSSR count). The largest absolute Gasteiger partial charge is 0.376 e. The summed E-state index contributed by atoms with van der Waals surface area (Å²) in [6.45, 7) is 5.48. The van der Waals surface area contributed by atoms with Crippen molar-refractivity contribution in [1.29, 1.82) is 0 Å². The van der Waals surface area contributed by atoms with Gasteiger partial charge in [-0.3, -0.25) is 9.59 Å². The van der Waals surface area contributed by atoms with Crippen molar-refractivity contribution < 1.29 is 14.3 Å². The molecule has 1 aromatic rings. The van der Waals surface area contributed by atoms with Gasteiger partial charge in [0.05, 0.1) is 30.4 Å². The quantitative estimate of drug-likeness (QED) is 0.685. The Hall–Kier alpha value is -2.19. The zero-order valence-electron chi connectivity index (χ0n) is 16.3. The van der Waals surface area contributed by atoms with Gasteiger partial charge in [0.25, 0.3) is 5.91 Å². The number of carbonyl (C=O) groups is 2. The van der Waals surface area contributed by atoms with E-state index in [0.29, 0.717) is 30.2 Å². The highest BCUT2D eigenvalue weighted by atomic mass is 16.5. The van der Waals surface area contributed by atoms with Crippen molar-refractivity contribution in [2.45, 2.75) is 38.2 Å². The van der Waals surface area contributed by atoms with Crippen LogP contribution in [0.25, 0.3) is 0 Å². The molecule has 28 heavy (non-hydrogen) atoms. The summed E-state index contributed by atoms with van der Waals surface area (Å²) in [4.78, 5) is 33.5. The zero-order chi connectivity index (χ0) is 19.3. The first-order valence-corrected chi connectivity index (χ1v) is 10.4. The fraction of sp³-hybridized carbons (Fsp3) is 0.650. The molecule has 4 heterocycles. The predicted octanol–water partition coefficient (Wildman–Crippen LogP) is 1.23. The lowest BCUT2D eigenvalue weighted by Crippen LogP contribution is -2.44. The minimum Gasteiger partial charge on any atom is -0.376 e. The molecule has 2 saturated heterocycles. The Morgan fingerprint density at radius 2 is 2.18 bits per heavy atom. The maximum atomic E-state index is 12.5. The van der Waals surface area contributed by atoms with Gasteiger partial charge < -0.3 is 25.2 Å². The van der Waals surface area contributed by atoms with Crippen LogP contribution in [0.2, 0.25) is 0 Å². The average Bonchev–Trinajstić information content (AvgIpc) is 3.41. The van der Waals surface area contributed by atoms with E-state index in [2.05, 4.69) is 20.5 Å². The van der Waals surface area contributed by atoms with Gasteiger partial charge in [-0.05, 0) is 57.8 Å². The number of hydrogen-bond donors (Lipinski definition) is 2. The Morgan fingerprint density at radius 3 is 2.96 bits per heavy atom. The summed E-state index contributed by atoms with van der Waals surface area (Å²) in [5, 5.41) is 6.01. The van der Waals surface area contributed by atoms with Crippen molar-refractivity contribution >= 4 is 23.3 Å². The fourth-order valence-corrected chi connectivity index (χ4v) is 4.11. The molecule has 1 unspecified atom stereocenters. The van der Waals surface area contributed by atoms with Crippen LogP contribution in [0.3, 0.4) is 0 Å². The Labute approximate surface area is 165 Å². The minimum atomic E-state index is -0.146. The topological polar surface area (TPSA) is 86.8 Å². The molecular formula is C20H29N5O3. The third kappa shape index (κ3) is 4.44. The molecule has 0 bridgehead atoms. The molecule has 2 amide bonds. The Balaban J connectivity index is 1.37. The summed E-state index contributed by atoms with van der Waals surface area (Å²) < 4.78 is 5.69. The number of likely N-dealkylation sites (tertiary alicyclic amines) is 1. The van der Waals surface area contributed by atoms with Gasteiger partial charge in [-0.1, -0.05) is 0 Å². The molecule has 8 heteroatoms. The molecule has 0 saturated carbocycles. The van der Waals surface area contributed by atoms with E-state index in [9.17, 15) is 9.59 Å². The van der Waals surface area contributed by atoms with E-state index in [1.165, 1.54) is 25.9 Å². The lowest BCUT2D eigenvalue weighted by molar-refractivity contribution is -0.117. The highest BCUT2D eigenvalue weighted by Crippen LogP contribution is 2.29. The first-order valence-electron chi connectivity index (χ1n) is 10.4. The Morgan fingerprint density at radius 1 is 1.32 bits per heavy atom. The molecule has 0 aliphatic carbocycles. The number of rotatable bonds is 7. The zero-order valence-corrected chi connectivity index (χ0v) is 16.3. The van der Waals surface area contributed by atoms with Crippen molar-refractivity contribution in [2.24, 2.45) is 0 Å². The number of hydrogen-bond acceptors (Lipinski definition) is 6. The minimum absolute atomic E-state index is 0.0204.